The number of nitrogens with zero attached hydrogens (tertiary/aromatic N) is 2. The highest BCUT2D eigenvalue weighted by Crippen LogP contribution is 2.25. The monoisotopic (exact) mass is 191 g/mol. The standard InChI is InChI=1S/C10H10FN3/c1-14-6-13-9(10(14)12)7-4-2-3-5-8(7)11/h2-6H,12H2,1H3. The molecule has 0 saturated carbocycles. The summed E-state index contributed by atoms with van der Waals surface area (Å²) in [7, 11) is 1.77. The Kier molecular flexibility index (Phi) is 1.96. The Morgan fingerprint density at radius 1 is 1.36 bits per heavy atom. The highest BCUT2D eigenvalue weighted by Gasteiger charge is 2.11. The van der Waals surface area contributed by atoms with Crippen molar-refractivity contribution in [1.29, 1.82) is 0 Å². The van der Waals surface area contributed by atoms with Crippen molar-refractivity contribution >= 4 is 5.82 Å². The number of hydrogen-bond acceptors (Lipinski definition) is 2. The molecule has 0 amide bonds. The van der Waals surface area contributed by atoms with Gasteiger partial charge >= 0.3 is 0 Å². The minimum atomic E-state index is -0.307. The Labute approximate surface area is 81.0 Å². The summed E-state index contributed by atoms with van der Waals surface area (Å²) in [4.78, 5) is 4.04. The van der Waals surface area contributed by atoms with E-state index in [1.807, 2.05) is 0 Å². The van der Waals surface area contributed by atoms with Crippen molar-refractivity contribution in [1.82, 2.24) is 9.55 Å². The first-order chi connectivity index (χ1) is 6.70. The lowest BCUT2D eigenvalue weighted by molar-refractivity contribution is 0.631. The number of rotatable bonds is 1. The minimum Gasteiger partial charge on any atom is -0.383 e. The fourth-order valence-corrected chi connectivity index (χ4v) is 1.30. The maximum absolute atomic E-state index is 13.4. The predicted molar refractivity (Wildman–Crippen MR) is 53.0 cm³/mol. The molecule has 0 aliphatic rings. The number of hydrogen-bond donors (Lipinski definition) is 1. The van der Waals surface area contributed by atoms with Crippen molar-refractivity contribution in [3.8, 4) is 11.3 Å². The lowest BCUT2D eigenvalue weighted by Crippen LogP contribution is -1.96. The van der Waals surface area contributed by atoms with E-state index >= 15 is 0 Å². The molecule has 0 atom stereocenters. The number of aromatic nitrogens is 2. The molecule has 72 valence electrons. The molecule has 0 bridgehead atoms. The quantitative estimate of drug-likeness (QED) is 0.747. The number of imidazole rings is 1. The molecule has 2 rings (SSSR count). The van der Waals surface area contributed by atoms with Crippen LogP contribution in [0.15, 0.2) is 30.6 Å². The molecule has 1 heterocycles. The maximum atomic E-state index is 13.4. The van der Waals surface area contributed by atoms with Crippen LogP contribution in [0.25, 0.3) is 11.3 Å². The Morgan fingerprint density at radius 2 is 2.07 bits per heavy atom. The van der Waals surface area contributed by atoms with E-state index in [9.17, 15) is 4.39 Å². The van der Waals surface area contributed by atoms with E-state index in [0.29, 0.717) is 17.1 Å². The average molecular weight is 191 g/mol. The van der Waals surface area contributed by atoms with E-state index in [0.717, 1.165) is 0 Å². The van der Waals surface area contributed by atoms with Crippen molar-refractivity contribution < 1.29 is 4.39 Å². The molecule has 2 aromatic rings. The van der Waals surface area contributed by atoms with E-state index in [1.54, 1.807) is 36.1 Å². The second-order valence-corrected chi connectivity index (χ2v) is 3.07. The summed E-state index contributed by atoms with van der Waals surface area (Å²) in [5.74, 6) is 0.160. The van der Waals surface area contributed by atoms with Gasteiger partial charge in [-0.2, -0.15) is 0 Å². The first-order valence-corrected chi connectivity index (χ1v) is 4.22. The Balaban J connectivity index is 2.60. The number of aryl methyl sites for hydroxylation is 1. The van der Waals surface area contributed by atoms with Gasteiger partial charge in [0, 0.05) is 12.6 Å². The number of nitrogen functional groups attached to an aromatic ring is 1. The Bertz CT molecular complexity index is 462. The van der Waals surface area contributed by atoms with Crippen LogP contribution in [-0.2, 0) is 7.05 Å². The zero-order valence-corrected chi connectivity index (χ0v) is 7.74. The number of benzene rings is 1. The summed E-state index contributed by atoms with van der Waals surface area (Å²) in [5.41, 5.74) is 6.66. The van der Waals surface area contributed by atoms with Crippen molar-refractivity contribution in [3.63, 3.8) is 0 Å². The summed E-state index contributed by atoms with van der Waals surface area (Å²) in [6.07, 6.45) is 1.57. The second-order valence-electron chi connectivity index (χ2n) is 3.07. The molecule has 0 spiro atoms. The zero-order valence-electron chi connectivity index (χ0n) is 7.74. The molecule has 3 nitrogen and oxygen atoms in total. The van der Waals surface area contributed by atoms with Gasteiger partial charge in [-0.05, 0) is 12.1 Å². The van der Waals surface area contributed by atoms with Crippen LogP contribution in [0.3, 0.4) is 0 Å². The van der Waals surface area contributed by atoms with Crippen molar-refractivity contribution in [2.75, 3.05) is 5.73 Å². The van der Waals surface area contributed by atoms with Crippen LogP contribution in [0.4, 0.5) is 10.2 Å². The molecule has 1 aromatic carbocycles. The molecule has 14 heavy (non-hydrogen) atoms. The van der Waals surface area contributed by atoms with Crippen molar-refractivity contribution in [2.24, 2.45) is 7.05 Å². The molecule has 0 unspecified atom stereocenters. The van der Waals surface area contributed by atoms with Crippen LogP contribution in [0.5, 0.6) is 0 Å². The van der Waals surface area contributed by atoms with Gasteiger partial charge in [-0.3, -0.25) is 0 Å². The molecule has 1 aromatic heterocycles. The van der Waals surface area contributed by atoms with E-state index in [-0.39, 0.29) is 5.82 Å². The molecule has 0 aliphatic carbocycles. The summed E-state index contributed by atoms with van der Waals surface area (Å²) in [6.45, 7) is 0. The van der Waals surface area contributed by atoms with Gasteiger partial charge in [-0.25, -0.2) is 9.37 Å². The third kappa shape index (κ3) is 1.25. The topological polar surface area (TPSA) is 43.8 Å². The van der Waals surface area contributed by atoms with Gasteiger partial charge in [-0.1, -0.05) is 12.1 Å². The summed E-state index contributed by atoms with van der Waals surface area (Å²) in [6, 6.07) is 6.45. The Hall–Kier alpha value is -1.84. The molecule has 4 heteroatoms. The van der Waals surface area contributed by atoms with E-state index in [4.69, 9.17) is 5.73 Å². The van der Waals surface area contributed by atoms with Crippen LogP contribution in [0.2, 0.25) is 0 Å². The second kappa shape index (κ2) is 3.14. The normalized spacial score (nSPS) is 10.4. The van der Waals surface area contributed by atoms with Gasteiger partial charge in [0.25, 0.3) is 0 Å². The lowest BCUT2D eigenvalue weighted by Gasteiger charge is -2.01. The van der Waals surface area contributed by atoms with Gasteiger partial charge in [-0.15, -0.1) is 0 Å². The highest BCUT2D eigenvalue weighted by molar-refractivity contribution is 5.70. The number of nitrogens with two attached hydrogens (primary N) is 1. The molecule has 0 radical (unpaired) electrons. The van der Waals surface area contributed by atoms with Gasteiger partial charge in [0.15, 0.2) is 0 Å². The minimum absolute atomic E-state index is 0.307. The van der Waals surface area contributed by atoms with E-state index in [2.05, 4.69) is 4.98 Å². The Morgan fingerprint density at radius 3 is 2.64 bits per heavy atom. The van der Waals surface area contributed by atoms with E-state index in [1.165, 1.54) is 6.07 Å². The van der Waals surface area contributed by atoms with Crippen LogP contribution in [0.1, 0.15) is 0 Å². The van der Waals surface area contributed by atoms with Gasteiger partial charge < -0.3 is 10.3 Å². The molecule has 2 N–H and O–H groups in total. The third-order valence-electron chi connectivity index (χ3n) is 2.11. The molecule has 0 aliphatic heterocycles. The number of anilines is 1. The fourth-order valence-electron chi connectivity index (χ4n) is 1.30. The summed E-state index contributed by atoms with van der Waals surface area (Å²) >= 11 is 0. The van der Waals surface area contributed by atoms with Gasteiger partial charge in [0.2, 0.25) is 0 Å². The largest absolute Gasteiger partial charge is 0.383 e. The smallest absolute Gasteiger partial charge is 0.132 e. The lowest BCUT2D eigenvalue weighted by atomic mass is 10.1. The predicted octanol–water partition coefficient (Wildman–Crippen LogP) is 1.81. The van der Waals surface area contributed by atoms with Crippen molar-refractivity contribution in [3.05, 3.63) is 36.4 Å². The van der Waals surface area contributed by atoms with Crippen LogP contribution in [0, 0.1) is 5.82 Å². The first-order valence-electron chi connectivity index (χ1n) is 4.22. The maximum Gasteiger partial charge on any atom is 0.132 e. The average Bonchev–Trinajstić information content (AvgIpc) is 2.49. The molecule has 0 saturated heterocycles. The van der Waals surface area contributed by atoms with Crippen LogP contribution < -0.4 is 5.73 Å². The highest BCUT2D eigenvalue weighted by atomic mass is 19.1. The summed E-state index contributed by atoms with van der Waals surface area (Å²) < 4.78 is 15.0. The van der Waals surface area contributed by atoms with Crippen molar-refractivity contribution in [2.45, 2.75) is 0 Å². The third-order valence-corrected chi connectivity index (χ3v) is 2.11. The van der Waals surface area contributed by atoms with Crippen LogP contribution >= 0.6 is 0 Å². The fraction of sp³-hybridized carbons (Fsp3) is 0.100. The zero-order chi connectivity index (χ0) is 10.1. The van der Waals surface area contributed by atoms with E-state index < -0.39 is 0 Å². The summed E-state index contributed by atoms with van der Waals surface area (Å²) in [5, 5.41) is 0. The van der Waals surface area contributed by atoms with Gasteiger partial charge in [0.1, 0.15) is 17.3 Å². The SMILES string of the molecule is Cn1cnc(-c2ccccc2F)c1N. The first kappa shape index (κ1) is 8.74. The molecular weight excluding hydrogens is 181 g/mol. The van der Waals surface area contributed by atoms with Gasteiger partial charge in [0.05, 0.1) is 6.33 Å². The van der Waals surface area contributed by atoms with Crippen LogP contribution in [-0.4, -0.2) is 9.55 Å². The molecular formula is C10H10FN3. The number of halogens is 1. The molecule has 0 fully saturated rings.